The molecule has 0 aliphatic heterocycles. The molecule has 0 amide bonds. The van der Waals surface area contributed by atoms with Gasteiger partial charge in [-0.25, -0.2) is 4.79 Å². The maximum absolute atomic E-state index is 12.6. The summed E-state index contributed by atoms with van der Waals surface area (Å²) in [4.78, 5) is 23.4. The number of allylic oxidation sites excluding steroid dienone is 1. The zero-order valence-electron chi connectivity index (χ0n) is 12.0. The van der Waals surface area contributed by atoms with E-state index in [-0.39, 0.29) is 22.1 Å². The summed E-state index contributed by atoms with van der Waals surface area (Å²) in [5.74, 6) is -0.397. The summed E-state index contributed by atoms with van der Waals surface area (Å²) in [5, 5.41) is 8.85. The van der Waals surface area contributed by atoms with Crippen molar-refractivity contribution in [2.75, 3.05) is 0 Å². The van der Waals surface area contributed by atoms with Gasteiger partial charge in [-0.15, -0.1) is 0 Å². The number of hydrogen-bond donors (Lipinski definition) is 1. The van der Waals surface area contributed by atoms with Crippen molar-refractivity contribution in [2.24, 2.45) is 16.7 Å². The number of carboxylic acids is 1. The molecule has 0 aromatic rings. The molecule has 0 aromatic heterocycles. The van der Waals surface area contributed by atoms with Gasteiger partial charge in [0.05, 0.1) is 0 Å². The van der Waals surface area contributed by atoms with Gasteiger partial charge in [0.1, 0.15) is 0 Å². The van der Waals surface area contributed by atoms with E-state index in [1.165, 1.54) is 6.42 Å². The molecule has 3 atom stereocenters. The van der Waals surface area contributed by atoms with Crippen LogP contribution < -0.4 is 0 Å². The van der Waals surface area contributed by atoms with E-state index in [2.05, 4.69) is 13.8 Å². The molecule has 0 bridgehead atoms. The second-order valence-electron chi connectivity index (χ2n) is 6.38. The summed E-state index contributed by atoms with van der Waals surface area (Å²) < 4.78 is 0. The van der Waals surface area contributed by atoms with Gasteiger partial charge in [0.15, 0.2) is 5.78 Å². The summed E-state index contributed by atoms with van der Waals surface area (Å²) in [7, 11) is 0. The largest absolute Gasteiger partial charge is 0.478 e. The summed E-state index contributed by atoms with van der Waals surface area (Å²) in [6.45, 7) is 6.49. The molecule has 19 heavy (non-hydrogen) atoms. The fraction of sp³-hybridized carbons (Fsp3) is 0.733. The Balaban J connectivity index is 0.00000180. The summed E-state index contributed by atoms with van der Waals surface area (Å²) in [6, 6.07) is 0. The van der Waals surface area contributed by atoms with Gasteiger partial charge in [0, 0.05) is 17.1 Å². The van der Waals surface area contributed by atoms with E-state index in [1.54, 1.807) is 0 Å². The number of rotatable bonds is 1. The quantitative estimate of drug-likeness (QED) is 0.741. The maximum atomic E-state index is 12.6. The zero-order valence-corrected chi connectivity index (χ0v) is 12.0. The minimum Gasteiger partial charge on any atom is -0.478 e. The highest BCUT2D eigenvalue weighted by Gasteiger charge is 2.56. The minimum absolute atomic E-state index is 0. The van der Waals surface area contributed by atoms with Crippen molar-refractivity contribution in [3.05, 3.63) is 11.6 Å². The van der Waals surface area contributed by atoms with E-state index in [0.29, 0.717) is 17.9 Å². The first kappa shape index (κ1) is 15.9. The predicted molar refractivity (Wildman–Crippen MR) is 72.8 cm³/mol. The molecule has 0 spiro atoms. The van der Waals surface area contributed by atoms with Crippen molar-refractivity contribution in [2.45, 2.75) is 52.9 Å². The molecule has 0 aromatic carbocycles. The molecule has 0 unspecified atom stereocenters. The molecular weight excluding hydrogens is 244 g/mol. The maximum Gasteiger partial charge on any atom is 0.328 e. The van der Waals surface area contributed by atoms with Crippen molar-refractivity contribution >= 4 is 11.8 Å². The first-order valence-corrected chi connectivity index (χ1v) is 6.79. The lowest BCUT2D eigenvalue weighted by Crippen LogP contribution is -2.53. The van der Waals surface area contributed by atoms with E-state index < -0.39 is 5.97 Å². The van der Waals surface area contributed by atoms with Gasteiger partial charge >= 0.3 is 5.97 Å². The van der Waals surface area contributed by atoms with Crippen LogP contribution in [0.2, 0.25) is 0 Å². The number of Topliss-reactive ketones (excluding diaryl/α,β-unsaturated/α-hetero) is 1. The molecule has 0 radical (unpaired) electrons. The average Bonchev–Trinajstić information content (AvgIpc) is 2.29. The van der Waals surface area contributed by atoms with Crippen LogP contribution >= 0.6 is 0 Å². The molecule has 108 valence electrons. The van der Waals surface area contributed by atoms with E-state index in [4.69, 9.17) is 5.11 Å². The lowest BCUT2D eigenvalue weighted by molar-refractivity contribution is -0.144. The lowest BCUT2D eigenvalue weighted by Gasteiger charge is -2.56. The zero-order chi connectivity index (χ0) is 13.6. The van der Waals surface area contributed by atoms with Gasteiger partial charge < -0.3 is 10.6 Å². The second kappa shape index (κ2) is 5.08. The Bertz CT molecular complexity index is 426. The molecular formula is C15H24O4. The predicted octanol–water partition coefficient (Wildman–Crippen LogP) is 2.37. The first-order chi connectivity index (χ1) is 8.31. The van der Waals surface area contributed by atoms with Gasteiger partial charge in [-0.05, 0) is 30.6 Å². The van der Waals surface area contributed by atoms with Crippen LogP contribution in [0.25, 0.3) is 0 Å². The van der Waals surface area contributed by atoms with Gasteiger partial charge in [-0.3, -0.25) is 4.79 Å². The Morgan fingerprint density at radius 2 is 2.00 bits per heavy atom. The van der Waals surface area contributed by atoms with Crippen molar-refractivity contribution in [3.8, 4) is 0 Å². The molecule has 2 saturated carbocycles. The van der Waals surface area contributed by atoms with Crippen LogP contribution in [-0.2, 0) is 9.59 Å². The number of carbonyl (C=O) groups excluding carboxylic acids is 1. The highest BCUT2D eigenvalue weighted by Crippen LogP contribution is 2.60. The Labute approximate surface area is 114 Å². The van der Waals surface area contributed by atoms with Crippen LogP contribution in [0.1, 0.15) is 52.9 Å². The van der Waals surface area contributed by atoms with Crippen LogP contribution in [-0.4, -0.2) is 22.3 Å². The molecule has 2 rings (SSSR count). The summed E-state index contributed by atoms with van der Waals surface area (Å²) >= 11 is 0. The highest BCUT2D eigenvalue weighted by molar-refractivity contribution is 6.04. The lowest BCUT2D eigenvalue weighted by atomic mass is 9.47. The normalized spacial score (nSPS) is 40.5. The molecule has 2 fully saturated rings. The highest BCUT2D eigenvalue weighted by atomic mass is 16.4. The number of hydrogen-bond acceptors (Lipinski definition) is 2. The van der Waals surface area contributed by atoms with E-state index in [9.17, 15) is 9.59 Å². The van der Waals surface area contributed by atoms with Crippen LogP contribution in [0.3, 0.4) is 0 Å². The van der Waals surface area contributed by atoms with E-state index in [0.717, 1.165) is 25.3 Å². The van der Waals surface area contributed by atoms with Crippen LogP contribution in [0.15, 0.2) is 11.6 Å². The number of ketones is 1. The van der Waals surface area contributed by atoms with Gasteiger partial charge in [-0.1, -0.05) is 33.6 Å². The Hall–Kier alpha value is -1.16. The SMILES string of the molecule is C[C@H]1CCC[C@]2(C)C(=O)/C(=C\C(=O)O)CC[C@]12C.O. The van der Waals surface area contributed by atoms with Gasteiger partial charge in [-0.2, -0.15) is 0 Å². The molecule has 3 N–H and O–H groups in total. The topological polar surface area (TPSA) is 85.9 Å². The molecule has 2 aliphatic carbocycles. The van der Waals surface area contributed by atoms with Crippen LogP contribution in [0, 0.1) is 16.7 Å². The average molecular weight is 268 g/mol. The number of carbonyl (C=O) groups is 2. The third kappa shape index (κ3) is 2.22. The van der Waals surface area contributed by atoms with Gasteiger partial charge in [0.2, 0.25) is 0 Å². The number of aliphatic carboxylic acids is 1. The monoisotopic (exact) mass is 268 g/mol. The van der Waals surface area contributed by atoms with E-state index in [1.807, 2.05) is 6.92 Å². The summed E-state index contributed by atoms with van der Waals surface area (Å²) in [6.07, 6.45) is 5.80. The molecule has 4 heteroatoms. The molecule has 0 heterocycles. The Morgan fingerprint density at radius 3 is 2.58 bits per heavy atom. The van der Waals surface area contributed by atoms with Crippen molar-refractivity contribution in [1.82, 2.24) is 0 Å². The Kier molecular flexibility index (Phi) is 4.25. The van der Waals surface area contributed by atoms with Crippen LogP contribution in [0.4, 0.5) is 0 Å². The fourth-order valence-corrected chi connectivity index (χ4v) is 3.95. The third-order valence-corrected chi connectivity index (χ3v) is 5.67. The van der Waals surface area contributed by atoms with Gasteiger partial charge in [0.25, 0.3) is 0 Å². The standard InChI is InChI=1S/C15H22O3.H2O/c1-10-5-4-7-15(3)13(18)11(9-12(16)17)6-8-14(10,15)2;/h9-10H,4-8H2,1-3H3,(H,16,17);1H2/b11-9-;/t10-,14+,15+;/m0./s1. The smallest absolute Gasteiger partial charge is 0.328 e. The van der Waals surface area contributed by atoms with E-state index >= 15 is 0 Å². The number of carboxylic acid groups (broad SMARTS) is 1. The molecule has 0 saturated heterocycles. The summed E-state index contributed by atoms with van der Waals surface area (Å²) in [5.41, 5.74) is 0.166. The van der Waals surface area contributed by atoms with Crippen LogP contribution in [0.5, 0.6) is 0 Å². The molecule has 4 nitrogen and oxygen atoms in total. The minimum atomic E-state index is -1.01. The van der Waals surface area contributed by atoms with Crippen molar-refractivity contribution in [3.63, 3.8) is 0 Å². The number of fused-ring (bicyclic) bond motifs is 1. The fourth-order valence-electron chi connectivity index (χ4n) is 3.95. The molecule has 2 aliphatic rings. The second-order valence-corrected chi connectivity index (χ2v) is 6.38. The van der Waals surface area contributed by atoms with Crippen molar-refractivity contribution < 1.29 is 20.2 Å². The van der Waals surface area contributed by atoms with Crippen molar-refractivity contribution in [1.29, 1.82) is 0 Å². The first-order valence-electron chi connectivity index (χ1n) is 6.79. The third-order valence-electron chi connectivity index (χ3n) is 5.67. The Morgan fingerprint density at radius 1 is 1.37 bits per heavy atom.